The van der Waals surface area contributed by atoms with Crippen molar-refractivity contribution in [2.24, 2.45) is 4.99 Å². The van der Waals surface area contributed by atoms with Crippen LogP contribution in [0.1, 0.15) is 11.1 Å². The number of fused-ring (bicyclic) bond motifs is 1. The third kappa shape index (κ3) is 4.53. The van der Waals surface area contributed by atoms with Crippen LogP contribution >= 0.6 is 23.2 Å². The normalized spacial score (nSPS) is 12.5. The quantitative estimate of drug-likeness (QED) is 0.741. The number of carbonyl (C=O) groups is 1. The standard InChI is InChI=1S/C19H18Cl2N2O2/c1-23(12-16-10-14-4-2-3-5-18(14)22-16)19(24)25-9-8-13-6-7-15(20)11-17(13)21/h2-7,11H,8-10,12H2,1H3. The van der Waals surface area contributed by atoms with Crippen molar-refractivity contribution in [3.63, 3.8) is 0 Å². The molecule has 0 saturated heterocycles. The predicted molar refractivity (Wildman–Crippen MR) is 101 cm³/mol. The summed E-state index contributed by atoms with van der Waals surface area (Å²) in [6, 6.07) is 13.3. The molecule has 2 aromatic carbocycles. The van der Waals surface area contributed by atoms with Crippen LogP contribution in [-0.2, 0) is 17.6 Å². The lowest BCUT2D eigenvalue weighted by Crippen LogP contribution is -2.33. The van der Waals surface area contributed by atoms with Gasteiger partial charge in [0.2, 0.25) is 0 Å². The molecule has 0 N–H and O–H groups in total. The Morgan fingerprint density at radius 2 is 2.04 bits per heavy atom. The largest absolute Gasteiger partial charge is 0.449 e. The molecule has 1 heterocycles. The van der Waals surface area contributed by atoms with Crippen LogP contribution in [0.25, 0.3) is 0 Å². The molecule has 130 valence electrons. The maximum Gasteiger partial charge on any atom is 0.409 e. The molecular formula is C19H18Cl2N2O2. The number of rotatable bonds is 5. The maximum absolute atomic E-state index is 12.1. The molecule has 3 rings (SSSR count). The number of benzene rings is 2. The Morgan fingerprint density at radius 1 is 1.24 bits per heavy atom. The van der Waals surface area contributed by atoms with Gasteiger partial charge in [0.1, 0.15) is 0 Å². The highest BCUT2D eigenvalue weighted by Gasteiger charge is 2.18. The molecule has 0 aliphatic carbocycles. The highest BCUT2D eigenvalue weighted by Crippen LogP contribution is 2.26. The number of halogens is 2. The van der Waals surface area contributed by atoms with Crippen molar-refractivity contribution in [1.82, 2.24) is 4.90 Å². The maximum atomic E-state index is 12.1. The van der Waals surface area contributed by atoms with E-state index in [1.54, 1.807) is 19.2 Å². The second-order valence-corrected chi connectivity index (χ2v) is 6.78. The third-order valence-electron chi connectivity index (χ3n) is 4.01. The molecule has 4 nitrogen and oxygen atoms in total. The van der Waals surface area contributed by atoms with Crippen molar-refractivity contribution >= 4 is 40.7 Å². The molecule has 0 aromatic heterocycles. The van der Waals surface area contributed by atoms with Gasteiger partial charge in [0.25, 0.3) is 0 Å². The van der Waals surface area contributed by atoms with E-state index in [-0.39, 0.29) is 12.7 Å². The summed E-state index contributed by atoms with van der Waals surface area (Å²) in [5.74, 6) is 0. The topological polar surface area (TPSA) is 41.9 Å². The van der Waals surface area contributed by atoms with Gasteiger partial charge < -0.3 is 9.64 Å². The lowest BCUT2D eigenvalue weighted by atomic mass is 10.1. The molecule has 1 aliphatic heterocycles. The number of ether oxygens (including phenoxy) is 1. The van der Waals surface area contributed by atoms with Gasteiger partial charge in [-0.2, -0.15) is 0 Å². The SMILES string of the molecule is CN(CC1=Nc2ccccc2C1)C(=O)OCCc1ccc(Cl)cc1Cl. The van der Waals surface area contributed by atoms with Crippen LogP contribution in [0.3, 0.4) is 0 Å². The Morgan fingerprint density at radius 3 is 2.80 bits per heavy atom. The predicted octanol–water partition coefficient (Wildman–Crippen LogP) is 4.93. The number of hydrogen-bond acceptors (Lipinski definition) is 3. The fourth-order valence-corrected chi connectivity index (χ4v) is 3.21. The average Bonchev–Trinajstić information content (AvgIpc) is 2.98. The lowest BCUT2D eigenvalue weighted by Gasteiger charge is -2.17. The highest BCUT2D eigenvalue weighted by atomic mass is 35.5. The molecule has 0 unspecified atom stereocenters. The monoisotopic (exact) mass is 376 g/mol. The number of amides is 1. The summed E-state index contributed by atoms with van der Waals surface area (Å²) < 4.78 is 5.32. The minimum Gasteiger partial charge on any atom is -0.449 e. The summed E-state index contributed by atoms with van der Waals surface area (Å²) in [5.41, 5.74) is 4.03. The van der Waals surface area contributed by atoms with Gasteiger partial charge in [-0.05, 0) is 29.3 Å². The number of para-hydroxylation sites is 1. The summed E-state index contributed by atoms with van der Waals surface area (Å²) in [6.45, 7) is 0.715. The molecule has 0 bridgehead atoms. The summed E-state index contributed by atoms with van der Waals surface area (Å²) in [6.07, 6.45) is 0.944. The lowest BCUT2D eigenvalue weighted by molar-refractivity contribution is 0.116. The number of carbonyl (C=O) groups excluding carboxylic acids is 1. The Hall–Kier alpha value is -2.04. The number of nitrogens with zero attached hydrogens (tertiary/aromatic N) is 2. The number of hydrogen-bond donors (Lipinski definition) is 0. The molecule has 0 atom stereocenters. The van der Waals surface area contributed by atoms with Gasteiger partial charge in [0.15, 0.2) is 0 Å². The van der Waals surface area contributed by atoms with Crippen molar-refractivity contribution in [1.29, 1.82) is 0 Å². The molecule has 6 heteroatoms. The van der Waals surface area contributed by atoms with Gasteiger partial charge in [-0.25, -0.2) is 4.79 Å². The molecule has 0 radical (unpaired) electrons. The van der Waals surface area contributed by atoms with Crippen molar-refractivity contribution in [2.75, 3.05) is 20.2 Å². The van der Waals surface area contributed by atoms with Crippen LogP contribution in [0.15, 0.2) is 47.5 Å². The first-order valence-corrected chi connectivity index (χ1v) is 8.74. The van der Waals surface area contributed by atoms with Crippen molar-refractivity contribution < 1.29 is 9.53 Å². The number of aliphatic imine (C=N–C) groups is 1. The highest BCUT2D eigenvalue weighted by molar-refractivity contribution is 6.35. The summed E-state index contributed by atoms with van der Waals surface area (Å²) in [4.78, 5) is 18.2. The van der Waals surface area contributed by atoms with Gasteiger partial charge in [-0.15, -0.1) is 0 Å². The molecule has 1 amide bonds. The van der Waals surface area contributed by atoms with E-state index in [0.717, 1.165) is 23.4 Å². The van der Waals surface area contributed by atoms with E-state index in [0.29, 0.717) is 23.0 Å². The second-order valence-electron chi connectivity index (χ2n) is 5.94. The van der Waals surface area contributed by atoms with Gasteiger partial charge in [0.05, 0.1) is 18.8 Å². The summed E-state index contributed by atoms with van der Waals surface area (Å²) >= 11 is 12.0. The van der Waals surface area contributed by atoms with E-state index in [1.165, 1.54) is 10.5 Å². The zero-order valence-corrected chi connectivity index (χ0v) is 15.3. The van der Waals surface area contributed by atoms with Gasteiger partial charge in [-0.3, -0.25) is 4.99 Å². The smallest absolute Gasteiger partial charge is 0.409 e. The van der Waals surface area contributed by atoms with E-state index >= 15 is 0 Å². The fraction of sp³-hybridized carbons (Fsp3) is 0.263. The molecule has 0 spiro atoms. The molecular weight excluding hydrogens is 359 g/mol. The molecule has 0 saturated carbocycles. The minimum absolute atomic E-state index is 0.261. The van der Waals surface area contributed by atoms with E-state index in [9.17, 15) is 4.79 Å². The van der Waals surface area contributed by atoms with E-state index in [4.69, 9.17) is 27.9 Å². The third-order valence-corrected chi connectivity index (χ3v) is 4.60. The van der Waals surface area contributed by atoms with Crippen LogP contribution < -0.4 is 0 Å². The van der Waals surface area contributed by atoms with Crippen molar-refractivity contribution in [2.45, 2.75) is 12.8 Å². The summed E-state index contributed by atoms with van der Waals surface area (Å²) in [5, 5.41) is 1.17. The van der Waals surface area contributed by atoms with E-state index in [1.807, 2.05) is 24.3 Å². The Bertz CT molecular complexity index is 821. The van der Waals surface area contributed by atoms with Gasteiger partial charge in [0, 0.05) is 35.6 Å². The van der Waals surface area contributed by atoms with E-state index < -0.39 is 0 Å². The molecule has 25 heavy (non-hydrogen) atoms. The average molecular weight is 377 g/mol. The Kier molecular flexibility index (Phi) is 5.61. The second kappa shape index (κ2) is 7.89. The van der Waals surface area contributed by atoms with E-state index in [2.05, 4.69) is 11.1 Å². The van der Waals surface area contributed by atoms with Crippen LogP contribution in [0.5, 0.6) is 0 Å². The Labute approximate surface area is 157 Å². The van der Waals surface area contributed by atoms with Crippen molar-refractivity contribution in [3.8, 4) is 0 Å². The first-order chi connectivity index (χ1) is 12.0. The van der Waals surface area contributed by atoms with Crippen LogP contribution in [0.4, 0.5) is 10.5 Å². The van der Waals surface area contributed by atoms with Crippen molar-refractivity contribution in [3.05, 3.63) is 63.6 Å². The first kappa shape index (κ1) is 17.8. The molecule has 1 aliphatic rings. The van der Waals surface area contributed by atoms with Crippen LogP contribution in [0, 0.1) is 0 Å². The fourth-order valence-electron chi connectivity index (χ4n) is 2.71. The Balaban J connectivity index is 1.47. The zero-order chi connectivity index (χ0) is 17.8. The van der Waals surface area contributed by atoms with Crippen LogP contribution in [-0.4, -0.2) is 36.9 Å². The first-order valence-electron chi connectivity index (χ1n) is 7.99. The summed E-state index contributed by atoms with van der Waals surface area (Å²) in [7, 11) is 1.71. The zero-order valence-electron chi connectivity index (χ0n) is 13.8. The van der Waals surface area contributed by atoms with Gasteiger partial charge >= 0.3 is 6.09 Å². The van der Waals surface area contributed by atoms with Gasteiger partial charge in [-0.1, -0.05) is 47.5 Å². The van der Waals surface area contributed by atoms with Crippen LogP contribution in [0.2, 0.25) is 10.0 Å². The molecule has 2 aromatic rings. The molecule has 0 fully saturated rings. The minimum atomic E-state index is -0.372.